The van der Waals surface area contributed by atoms with Crippen LogP contribution in [0.5, 0.6) is 0 Å². The van der Waals surface area contributed by atoms with Crippen LogP contribution < -0.4 is 5.32 Å². The van der Waals surface area contributed by atoms with Crippen LogP contribution in [0.25, 0.3) is 0 Å². The van der Waals surface area contributed by atoms with Gasteiger partial charge in [-0.05, 0) is 18.2 Å². The molecule has 0 amide bonds. The summed E-state index contributed by atoms with van der Waals surface area (Å²) in [5.41, 5.74) is -1.35. The molecule has 0 spiro atoms. The number of benzene rings is 1. The standard InChI is InChI=1S/C11H13F4NO2S/c1-2-19(17,18)6-5-16-10-7-8(11(13,14)15)3-4-9(10)12/h3-4,7,16H,2,5-6H2,1H3. The van der Waals surface area contributed by atoms with Crippen molar-refractivity contribution >= 4 is 15.5 Å². The largest absolute Gasteiger partial charge is 0.416 e. The summed E-state index contributed by atoms with van der Waals surface area (Å²) in [5.74, 6) is -1.19. The van der Waals surface area contributed by atoms with Gasteiger partial charge in [0.15, 0.2) is 9.84 Å². The summed E-state index contributed by atoms with van der Waals surface area (Å²) in [6.45, 7) is 1.31. The van der Waals surface area contributed by atoms with E-state index >= 15 is 0 Å². The van der Waals surface area contributed by atoms with Gasteiger partial charge in [0.05, 0.1) is 17.0 Å². The van der Waals surface area contributed by atoms with Crippen LogP contribution in [0.2, 0.25) is 0 Å². The van der Waals surface area contributed by atoms with Gasteiger partial charge in [0.25, 0.3) is 0 Å². The lowest BCUT2D eigenvalue weighted by atomic mass is 10.2. The van der Waals surface area contributed by atoms with Gasteiger partial charge in [0.1, 0.15) is 5.82 Å². The van der Waals surface area contributed by atoms with Gasteiger partial charge in [0, 0.05) is 12.3 Å². The molecule has 0 aliphatic carbocycles. The Balaban J connectivity index is 2.79. The molecular formula is C11H13F4NO2S. The molecule has 19 heavy (non-hydrogen) atoms. The minimum absolute atomic E-state index is 0.0697. The van der Waals surface area contributed by atoms with E-state index in [0.29, 0.717) is 18.2 Å². The van der Waals surface area contributed by atoms with Crippen molar-refractivity contribution in [1.29, 1.82) is 0 Å². The van der Waals surface area contributed by atoms with E-state index in [1.807, 2.05) is 0 Å². The van der Waals surface area contributed by atoms with Crippen molar-refractivity contribution in [2.45, 2.75) is 13.1 Å². The summed E-state index contributed by atoms with van der Waals surface area (Å²) in [6, 6.07) is 1.94. The van der Waals surface area contributed by atoms with Gasteiger partial charge in [0.2, 0.25) is 0 Å². The molecule has 0 aromatic heterocycles. The SMILES string of the molecule is CCS(=O)(=O)CCNc1cc(C(F)(F)F)ccc1F. The van der Waals surface area contributed by atoms with Crippen molar-refractivity contribution < 1.29 is 26.0 Å². The molecule has 0 fully saturated rings. The van der Waals surface area contributed by atoms with Crippen LogP contribution in [0.4, 0.5) is 23.2 Å². The Bertz CT molecular complexity index is 540. The first kappa shape index (κ1) is 15.7. The monoisotopic (exact) mass is 299 g/mol. The molecule has 0 aliphatic heterocycles. The van der Waals surface area contributed by atoms with E-state index in [4.69, 9.17) is 0 Å². The lowest BCUT2D eigenvalue weighted by Crippen LogP contribution is -2.18. The normalized spacial score (nSPS) is 12.5. The highest BCUT2D eigenvalue weighted by Gasteiger charge is 2.31. The van der Waals surface area contributed by atoms with E-state index in [1.54, 1.807) is 0 Å². The number of hydrogen-bond donors (Lipinski definition) is 1. The van der Waals surface area contributed by atoms with E-state index in [0.717, 1.165) is 0 Å². The molecule has 1 aromatic carbocycles. The number of hydrogen-bond acceptors (Lipinski definition) is 3. The van der Waals surface area contributed by atoms with E-state index in [1.165, 1.54) is 6.92 Å². The topological polar surface area (TPSA) is 46.2 Å². The Kier molecular flexibility index (Phi) is 4.78. The molecule has 108 valence electrons. The summed E-state index contributed by atoms with van der Waals surface area (Å²) < 4.78 is 72.9. The second-order valence-corrected chi connectivity index (χ2v) is 6.33. The summed E-state index contributed by atoms with van der Waals surface area (Å²) in [7, 11) is -3.25. The van der Waals surface area contributed by atoms with Gasteiger partial charge in [-0.25, -0.2) is 12.8 Å². The Morgan fingerprint density at radius 3 is 2.42 bits per heavy atom. The molecule has 3 nitrogen and oxygen atoms in total. The van der Waals surface area contributed by atoms with Gasteiger partial charge >= 0.3 is 6.18 Å². The van der Waals surface area contributed by atoms with Crippen LogP contribution in [-0.4, -0.2) is 26.5 Å². The molecule has 0 radical (unpaired) electrons. The Morgan fingerprint density at radius 2 is 1.89 bits per heavy atom. The molecular weight excluding hydrogens is 286 g/mol. The minimum Gasteiger partial charge on any atom is -0.382 e. The first-order valence-corrected chi connectivity index (χ1v) is 7.29. The lowest BCUT2D eigenvalue weighted by Gasteiger charge is -2.11. The summed E-state index contributed by atoms with van der Waals surface area (Å²) in [5, 5.41) is 2.36. The lowest BCUT2D eigenvalue weighted by molar-refractivity contribution is -0.137. The second-order valence-electron chi connectivity index (χ2n) is 3.86. The third-order valence-electron chi connectivity index (χ3n) is 2.46. The second kappa shape index (κ2) is 5.77. The highest BCUT2D eigenvalue weighted by atomic mass is 32.2. The maximum atomic E-state index is 13.3. The smallest absolute Gasteiger partial charge is 0.382 e. The molecule has 1 aromatic rings. The third-order valence-corrected chi connectivity index (χ3v) is 4.17. The molecule has 0 heterocycles. The fourth-order valence-electron chi connectivity index (χ4n) is 1.32. The summed E-state index contributed by atoms with van der Waals surface area (Å²) in [4.78, 5) is 0. The number of nitrogens with one attached hydrogen (secondary N) is 1. The number of sulfone groups is 1. The summed E-state index contributed by atoms with van der Waals surface area (Å²) >= 11 is 0. The maximum absolute atomic E-state index is 13.3. The Morgan fingerprint density at radius 1 is 1.26 bits per heavy atom. The van der Waals surface area contributed by atoms with Crippen LogP contribution in [0.15, 0.2) is 18.2 Å². The van der Waals surface area contributed by atoms with Gasteiger partial charge in [-0.1, -0.05) is 6.92 Å². The molecule has 8 heteroatoms. The van der Waals surface area contributed by atoms with Crippen molar-refractivity contribution in [2.75, 3.05) is 23.4 Å². The fraction of sp³-hybridized carbons (Fsp3) is 0.455. The zero-order chi connectivity index (χ0) is 14.7. The van der Waals surface area contributed by atoms with Gasteiger partial charge in [-0.3, -0.25) is 0 Å². The van der Waals surface area contributed by atoms with Gasteiger partial charge in [-0.15, -0.1) is 0 Å². The summed E-state index contributed by atoms with van der Waals surface area (Å²) in [6.07, 6.45) is -4.57. The van der Waals surface area contributed by atoms with Crippen molar-refractivity contribution in [2.24, 2.45) is 0 Å². The number of anilines is 1. The van der Waals surface area contributed by atoms with E-state index in [-0.39, 0.29) is 23.7 Å². The quantitative estimate of drug-likeness (QED) is 0.850. The highest BCUT2D eigenvalue weighted by molar-refractivity contribution is 7.91. The van der Waals surface area contributed by atoms with Gasteiger partial charge in [-0.2, -0.15) is 13.2 Å². The van der Waals surface area contributed by atoms with Gasteiger partial charge < -0.3 is 5.32 Å². The van der Waals surface area contributed by atoms with Crippen molar-refractivity contribution in [3.8, 4) is 0 Å². The molecule has 0 atom stereocenters. The van der Waals surface area contributed by atoms with Crippen LogP contribution in [0, 0.1) is 5.82 Å². The molecule has 0 aliphatic rings. The number of halogens is 4. The molecule has 0 saturated carbocycles. The Hall–Kier alpha value is -1.31. The van der Waals surface area contributed by atoms with Crippen LogP contribution in [0.1, 0.15) is 12.5 Å². The predicted octanol–water partition coefficient (Wildman–Crippen LogP) is 2.69. The van der Waals surface area contributed by atoms with Crippen LogP contribution in [0.3, 0.4) is 0 Å². The van der Waals surface area contributed by atoms with E-state index < -0.39 is 27.4 Å². The Labute approximate surface area is 108 Å². The van der Waals surface area contributed by atoms with Crippen LogP contribution in [-0.2, 0) is 16.0 Å². The van der Waals surface area contributed by atoms with Crippen molar-refractivity contribution in [1.82, 2.24) is 0 Å². The predicted molar refractivity (Wildman–Crippen MR) is 64.2 cm³/mol. The minimum atomic E-state index is -4.57. The van der Waals surface area contributed by atoms with Crippen molar-refractivity contribution in [3.05, 3.63) is 29.6 Å². The first-order valence-electron chi connectivity index (χ1n) is 5.47. The fourth-order valence-corrected chi connectivity index (χ4v) is 2.02. The average molecular weight is 299 g/mol. The van der Waals surface area contributed by atoms with Crippen molar-refractivity contribution in [3.63, 3.8) is 0 Å². The molecule has 1 rings (SSSR count). The molecule has 1 N–H and O–H groups in total. The third kappa shape index (κ3) is 4.70. The number of rotatable bonds is 5. The molecule has 0 saturated heterocycles. The maximum Gasteiger partial charge on any atom is 0.416 e. The first-order chi connectivity index (χ1) is 8.65. The molecule has 0 unspecified atom stereocenters. The number of alkyl halides is 3. The average Bonchev–Trinajstić information content (AvgIpc) is 2.30. The zero-order valence-corrected chi connectivity index (χ0v) is 10.9. The van der Waals surface area contributed by atoms with Crippen LogP contribution >= 0.6 is 0 Å². The molecule has 0 bridgehead atoms. The highest BCUT2D eigenvalue weighted by Crippen LogP contribution is 2.31. The van der Waals surface area contributed by atoms with E-state index in [9.17, 15) is 26.0 Å². The zero-order valence-electron chi connectivity index (χ0n) is 10.1. The van der Waals surface area contributed by atoms with E-state index in [2.05, 4.69) is 5.32 Å².